The number of aromatic nitrogens is 4. The fourth-order valence-corrected chi connectivity index (χ4v) is 4.82. The smallest absolute Gasteiger partial charge is 0.254 e. The monoisotopic (exact) mass is 439 g/mol. The number of hydrogen-bond donors (Lipinski definition) is 0. The number of hydrogen-bond acceptors (Lipinski definition) is 6. The molecule has 3 heterocycles. The van der Waals surface area contributed by atoms with E-state index in [2.05, 4.69) is 14.8 Å². The average molecular weight is 440 g/mol. The van der Waals surface area contributed by atoms with Crippen LogP contribution < -0.4 is 4.74 Å². The molecule has 1 atom stereocenters. The Balaban J connectivity index is 1.46. The molecule has 1 amide bonds. The largest absolute Gasteiger partial charge is 0.497 e. The lowest BCUT2D eigenvalue weighted by Crippen LogP contribution is -2.41. The van der Waals surface area contributed by atoms with Gasteiger partial charge in [0, 0.05) is 23.7 Å². The van der Waals surface area contributed by atoms with Gasteiger partial charge in [-0.1, -0.05) is 11.6 Å². The van der Waals surface area contributed by atoms with E-state index < -0.39 is 0 Å². The quantitative estimate of drug-likeness (QED) is 0.472. The van der Waals surface area contributed by atoms with Crippen LogP contribution in [-0.4, -0.2) is 44.2 Å². The molecule has 2 aromatic carbocycles. The summed E-state index contributed by atoms with van der Waals surface area (Å²) >= 11 is 7.50. The number of carbonyl (C=O) groups excluding carboxylic acids is 1. The van der Waals surface area contributed by atoms with Crippen LogP contribution in [0, 0.1) is 0 Å². The molecule has 7 nitrogen and oxygen atoms in total. The van der Waals surface area contributed by atoms with Crippen LogP contribution in [0.2, 0.25) is 5.02 Å². The molecule has 1 unspecified atom stereocenters. The number of thiazole rings is 1. The molecule has 152 valence electrons. The Morgan fingerprint density at radius 3 is 2.73 bits per heavy atom. The molecule has 1 aliphatic rings. The lowest BCUT2D eigenvalue weighted by Gasteiger charge is -2.33. The minimum Gasteiger partial charge on any atom is -0.497 e. The maximum atomic E-state index is 13.0. The molecule has 5 rings (SSSR count). The Bertz CT molecular complexity index is 1250. The van der Waals surface area contributed by atoms with Gasteiger partial charge in [0.15, 0.2) is 16.7 Å². The van der Waals surface area contributed by atoms with Crippen molar-refractivity contribution in [1.82, 2.24) is 24.6 Å². The summed E-state index contributed by atoms with van der Waals surface area (Å²) < 4.78 is 8.40. The number of carbonyl (C=O) groups is 1. The third-order valence-electron chi connectivity index (χ3n) is 5.32. The van der Waals surface area contributed by atoms with Crippen molar-refractivity contribution in [1.29, 1.82) is 0 Å². The predicted molar refractivity (Wildman–Crippen MR) is 116 cm³/mol. The summed E-state index contributed by atoms with van der Waals surface area (Å²) in [5.41, 5.74) is 1.51. The molecule has 0 N–H and O–H groups in total. The number of ether oxygens (including phenoxy) is 1. The average Bonchev–Trinajstić information content (AvgIpc) is 3.37. The number of halogens is 1. The van der Waals surface area contributed by atoms with E-state index in [1.54, 1.807) is 42.7 Å². The SMILES string of the molecule is COc1ccc2nc(-c3nnc4n3CCN(C(=O)c3ccc(Cl)cc3)C4C)sc2c1. The highest BCUT2D eigenvalue weighted by atomic mass is 35.5. The first-order valence-electron chi connectivity index (χ1n) is 9.50. The maximum absolute atomic E-state index is 13.0. The van der Waals surface area contributed by atoms with Gasteiger partial charge in [-0.3, -0.25) is 4.79 Å². The van der Waals surface area contributed by atoms with Gasteiger partial charge in [0.25, 0.3) is 5.91 Å². The molecule has 0 spiro atoms. The van der Waals surface area contributed by atoms with E-state index >= 15 is 0 Å². The van der Waals surface area contributed by atoms with Crippen LogP contribution in [-0.2, 0) is 6.54 Å². The van der Waals surface area contributed by atoms with Crippen LogP contribution in [0.4, 0.5) is 0 Å². The Morgan fingerprint density at radius 1 is 1.17 bits per heavy atom. The highest BCUT2D eigenvalue weighted by Crippen LogP contribution is 2.34. The number of fused-ring (bicyclic) bond motifs is 2. The first-order valence-corrected chi connectivity index (χ1v) is 10.7. The second kappa shape index (κ2) is 7.37. The molecule has 0 saturated heterocycles. The number of rotatable bonds is 3. The number of amides is 1. The van der Waals surface area contributed by atoms with Crippen molar-refractivity contribution in [2.45, 2.75) is 19.5 Å². The van der Waals surface area contributed by atoms with E-state index in [0.717, 1.165) is 32.6 Å². The van der Waals surface area contributed by atoms with E-state index in [4.69, 9.17) is 21.3 Å². The molecular formula is C21H18ClN5O2S. The van der Waals surface area contributed by atoms with E-state index in [1.165, 1.54) is 0 Å². The second-order valence-electron chi connectivity index (χ2n) is 7.07. The standard InChI is InChI=1S/C21H18ClN5O2S/c1-12-18-24-25-19(20-23-16-8-7-15(29-2)11-17(16)30-20)27(18)10-9-26(12)21(28)13-3-5-14(22)6-4-13/h3-8,11-12H,9-10H2,1-2H3. The third-order valence-corrected chi connectivity index (χ3v) is 6.59. The molecule has 30 heavy (non-hydrogen) atoms. The summed E-state index contributed by atoms with van der Waals surface area (Å²) in [5.74, 6) is 2.25. The van der Waals surface area contributed by atoms with Gasteiger partial charge in [0.1, 0.15) is 5.75 Å². The Morgan fingerprint density at radius 2 is 1.97 bits per heavy atom. The number of benzene rings is 2. The summed E-state index contributed by atoms with van der Waals surface area (Å²) in [6, 6.07) is 12.6. The van der Waals surface area contributed by atoms with E-state index in [9.17, 15) is 4.79 Å². The van der Waals surface area contributed by atoms with Crippen molar-refractivity contribution in [2.75, 3.05) is 13.7 Å². The van der Waals surface area contributed by atoms with Gasteiger partial charge in [0.05, 0.1) is 23.4 Å². The fraction of sp³-hybridized carbons (Fsp3) is 0.238. The Hall–Kier alpha value is -2.97. The summed E-state index contributed by atoms with van der Waals surface area (Å²) in [5, 5.41) is 10.2. The molecular weight excluding hydrogens is 422 g/mol. The lowest BCUT2D eigenvalue weighted by molar-refractivity contribution is 0.0638. The van der Waals surface area contributed by atoms with Crippen molar-refractivity contribution in [3.8, 4) is 16.6 Å². The van der Waals surface area contributed by atoms with E-state index in [0.29, 0.717) is 23.7 Å². The van der Waals surface area contributed by atoms with Crippen molar-refractivity contribution >= 4 is 39.1 Å². The molecule has 0 bridgehead atoms. The van der Waals surface area contributed by atoms with Crippen molar-refractivity contribution in [3.63, 3.8) is 0 Å². The molecule has 9 heteroatoms. The molecule has 2 aromatic heterocycles. The first-order chi connectivity index (χ1) is 14.5. The molecule has 0 aliphatic carbocycles. The molecule has 0 radical (unpaired) electrons. The summed E-state index contributed by atoms with van der Waals surface area (Å²) in [4.78, 5) is 19.5. The van der Waals surface area contributed by atoms with Crippen molar-refractivity contribution in [3.05, 3.63) is 58.9 Å². The van der Waals surface area contributed by atoms with Crippen LogP contribution in [0.1, 0.15) is 29.1 Å². The van der Waals surface area contributed by atoms with Gasteiger partial charge >= 0.3 is 0 Å². The van der Waals surface area contributed by atoms with Gasteiger partial charge in [0.2, 0.25) is 0 Å². The summed E-state index contributed by atoms with van der Waals surface area (Å²) in [7, 11) is 1.65. The summed E-state index contributed by atoms with van der Waals surface area (Å²) in [6.45, 7) is 3.15. The van der Waals surface area contributed by atoms with Crippen LogP contribution >= 0.6 is 22.9 Å². The lowest BCUT2D eigenvalue weighted by atomic mass is 10.1. The summed E-state index contributed by atoms with van der Waals surface area (Å²) in [6.07, 6.45) is 0. The third kappa shape index (κ3) is 3.12. The predicted octanol–water partition coefficient (Wildman–Crippen LogP) is 4.43. The minimum atomic E-state index is -0.197. The maximum Gasteiger partial charge on any atom is 0.254 e. The van der Waals surface area contributed by atoms with Crippen LogP contribution in [0.25, 0.3) is 21.0 Å². The second-order valence-corrected chi connectivity index (χ2v) is 8.53. The van der Waals surface area contributed by atoms with Crippen molar-refractivity contribution in [2.24, 2.45) is 0 Å². The van der Waals surface area contributed by atoms with Crippen LogP contribution in [0.15, 0.2) is 42.5 Å². The van der Waals surface area contributed by atoms with Gasteiger partial charge < -0.3 is 14.2 Å². The highest BCUT2D eigenvalue weighted by Gasteiger charge is 2.32. The Kier molecular flexibility index (Phi) is 4.67. The molecule has 0 saturated carbocycles. The zero-order chi connectivity index (χ0) is 20.8. The van der Waals surface area contributed by atoms with E-state index in [1.807, 2.05) is 30.0 Å². The number of methoxy groups -OCH3 is 1. The van der Waals surface area contributed by atoms with Gasteiger partial charge in [-0.2, -0.15) is 0 Å². The van der Waals surface area contributed by atoms with Gasteiger partial charge in [-0.05, 0) is 49.4 Å². The molecule has 0 fully saturated rings. The zero-order valence-corrected chi connectivity index (χ0v) is 17.9. The molecule has 1 aliphatic heterocycles. The normalized spacial score (nSPS) is 16.0. The van der Waals surface area contributed by atoms with Crippen LogP contribution in [0.5, 0.6) is 5.75 Å². The fourth-order valence-electron chi connectivity index (χ4n) is 3.71. The minimum absolute atomic E-state index is 0.0398. The first kappa shape index (κ1) is 19.0. The van der Waals surface area contributed by atoms with Gasteiger partial charge in [-0.15, -0.1) is 21.5 Å². The highest BCUT2D eigenvalue weighted by molar-refractivity contribution is 7.21. The zero-order valence-electron chi connectivity index (χ0n) is 16.4. The van der Waals surface area contributed by atoms with Crippen LogP contribution in [0.3, 0.4) is 0 Å². The number of nitrogens with zero attached hydrogens (tertiary/aromatic N) is 5. The molecule has 4 aromatic rings. The van der Waals surface area contributed by atoms with E-state index in [-0.39, 0.29) is 11.9 Å². The topological polar surface area (TPSA) is 73.1 Å². The van der Waals surface area contributed by atoms with Crippen molar-refractivity contribution < 1.29 is 9.53 Å². The van der Waals surface area contributed by atoms with Gasteiger partial charge in [-0.25, -0.2) is 4.98 Å². The Labute approximate surface area is 181 Å².